The van der Waals surface area contributed by atoms with Crippen molar-refractivity contribution >= 4 is 35.6 Å². The van der Waals surface area contributed by atoms with Gasteiger partial charge in [0.05, 0.1) is 24.5 Å². The molecular formula is C23H38FIN4O2. The number of hydrogen-bond donors (Lipinski definition) is 1. The summed E-state index contributed by atoms with van der Waals surface area (Å²) in [6, 6.07) is 5.49. The number of halogens is 2. The summed E-state index contributed by atoms with van der Waals surface area (Å²) in [6.07, 6.45) is 4.82. The van der Waals surface area contributed by atoms with E-state index in [1.165, 1.54) is 0 Å². The fraction of sp³-hybridized carbons (Fsp3) is 0.696. The van der Waals surface area contributed by atoms with Crippen LogP contribution in [0.5, 0.6) is 0 Å². The lowest BCUT2D eigenvalue weighted by atomic mass is 10.1. The van der Waals surface area contributed by atoms with Gasteiger partial charge in [0, 0.05) is 46.4 Å². The van der Waals surface area contributed by atoms with Gasteiger partial charge in [-0.2, -0.15) is 0 Å². The van der Waals surface area contributed by atoms with Gasteiger partial charge in [-0.25, -0.2) is 4.39 Å². The quantitative estimate of drug-likeness (QED) is 0.302. The number of guanidine groups is 1. The van der Waals surface area contributed by atoms with Crippen molar-refractivity contribution in [1.29, 1.82) is 0 Å². The highest BCUT2D eigenvalue weighted by atomic mass is 127. The van der Waals surface area contributed by atoms with E-state index in [2.05, 4.69) is 15.2 Å². The number of nitrogens with one attached hydrogen (secondary N) is 1. The van der Waals surface area contributed by atoms with Gasteiger partial charge in [0.25, 0.3) is 0 Å². The second-order valence-corrected chi connectivity index (χ2v) is 8.01. The predicted octanol–water partition coefficient (Wildman–Crippen LogP) is 4.03. The summed E-state index contributed by atoms with van der Waals surface area (Å²) in [4.78, 5) is 8.71. The van der Waals surface area contributed by atoms with Crippen LogP contribution in [-0.2, 0) is 16.0 Å². The van der Waals surface area contributed by atoms with Crippen molar-refractivity contribution < 1.29 is 13.9 Å². The second-order valence-electron chi connectivity index (χ2n) is 8.01. The minimum atomic E-state index is -0.169. The van der Waals surface area contributed by atoms with Gasteiger partial charge in [-0.05, 0) is 57.2 Å². The molecule has 2 saturated heterocycles. The Kier molecular flexibility index (Phi) is 11.3. The first-order valence-corrected chi connectivity index (χ1v) is 11.4. The van der Waals surface area contributed by atoms with E-state index >= 15 is 0 Å². The molecule has 3 rings (SSSR count). The molecule has 0 spiro atoms. The zero-order chi connectivity index (χ0) is 21.3. The third kappa shape index (κ3) is 7.46. The number of hydrogen-bond acceptors (Lipinski definition) is 4. The fourth-order valence-electron chi connectivity index (χ4n) is 4.25. The van der Waals surface area contributed by atoms with Crippen molar-refractivity contribution in [3.05, 3.63) is 29.6 Å². The van der Waals surface area contributed by atoms with Crippen LogP contribution in [0.1, 0.15) is 45.1 Å². The molecule has 0 bridgehead atoms. The van der Waals surface area contributed by atoms with E-state index in [1.807, 2.05) is 30.9 Å². The standard InChI is InChI=1S/C23H37FN4O2.HI/c1-4-27(5-2)22-9-8-18(15-21(22)24)16-26-23(25-3)28-12-10-19(11-13-28)30-17-20-7-6-14-29-20;/h8-9,15,19-20H,4-7,10-14,16-17H2,1-3H3,(H,25,26);1H. The number of ether oxygens (including phenoxy) is 2. The third-order valence-electron chi connectivity index (χ3n) is 6.06. The lowest BCUT2D eigenvalue weighted by molar-refractivity contribution is -0.0367. The second kappa shape index (κ2) is 13.4. The van der Waals surface area contributed by atoms with E-state index in [0.29, 0.717) is 24.9 Å². The molecule has 2 heterocycles. The van der Waals surface area contributed by atoms with Crippen molar-refractivity contribution in [2.24, 2.45) is 4.99 Å². The average Bonchev–Trinajstić information content (AvgIpc) is 3.29. The van der Waals surface area contributed by atoms with Crippen LogP contribution >= 0.6 is 24.0 Å². The smallest absolute Gasteiger partial charge is 0.193 e. The number of benzene rings is 1. The molecule has 2 aliphatic rings. The normalized spacial score (nSPS) is 19.9. The number of anilines is 1. The Morgan fingerprint density at radius 2 is 2.00 bits per heavy atom. The number of piperidine rings is 1. The molecule has 6 nitrogen and oxygen atoms in total. The minimum Gasteiger partial charge on any atom is -0.376 e. The highest BCUT2D eigenvalue weighted by Crippen LogP contribution is 2.21. The maximum atomic E-state index is 14.5. The highest BCUT2D eigenvalue weighted by molar-refractivity contribution is 14.0. The Morgan fingerprint density at radius 3 is 2.58 bits per heavy atom. The first kappa shape index (κ1) is 26.1. The predicted molar refractivity (Wildman–Crippen MR) is 135 cm³/mol. The van der Waals surface area contributed by atoms with E-state index in [4.69, 9.17) is 9.47 Å². The topological polar surface area (TPSA) is 49.3 Å². The van der Waals surface area contributed by atoms with Crippen molar-refractivity contribution in [3.8, 4) is 0 Å². The molecule has 0 saturated carbocycles. The van der Waals surface area contributed by atoms with Crippen molar-refractivity contribution in [2.75, 3.05) is 51.3 Å². The molecule has 0 aliphatic carbocycles. The molecule has 1 N–H and O–H groups in total. The molecule has 0 radical (unpaired) electrons. The van der Waals surface area contributed by atoms with E-state index < -0.39 is 0 Å². The lowest BCUT2D eigenvalue weighted by Crippen LogP contribution is -2.47. The van der Waals surface area contributed by atoms with Crippen LogP contribution in [0, 0.1) is 5.82 Å². The first-order chi connectivity index (χ1) is 14.6. The molecule has 0 amide bonds. The largest absolute Gasteiger partial charge is 0.376 e. The maximum Gasteiger partial charge on any atom is 0.193 e. The van der Waals surface area contributed by atoms with E-state index in [9.17, 15) is 4.39 Å². The average molecular weight is 548 g/mol. The molecule has 1 unspecified atom stereocenters. The van der Waals surface area contributed by atoms with Gasteiger partial charge in [-0.3, -0.25) is 4.99 Å². The van der Waals surface area contributed by atoms with Gasteiger partial charge in [-0.1, -0.05) is 6.07 Å². The van der Waals surface area contributed by atoms with Gasteiger partial charge in [0.15, 0.2) is 5.96 Å². The van der Waals surface area contributed by atoms with E-state index in [0.717, 1.165) is 70.0 Å². The first-order valence-electron chi connectivity index (χ1n) is 11.4. The Balaban J connectivity index is 0.00000341. The maximum absolute atomic E-state index is 14.5. The van der Waals surface area contributed by atoms with Crippen molar-refractivity contribution in [3.63, 3.8) is 0 Å². The third-order valence-corrected chi connectivity index (χ3v) is 6.06. The summed E-state index contributed by atoms with van der Waals surface area (Å²) in [6.45, 7) is 9.63. The summed E-state index contributed by atoms with van der Waals surface area (Å²) in [5.74, 6) is 0.693. The van der Waals surface area contributed by atoms with Gasteiger partial charge < -0.3 is 24.6 Å². The molecule has 8 heteroatoms. The van der Waals surface area contributed by atoms with Gasteiger partial charge in [0.1, 0.15) is 5.82 Å². The zero-order valence-electron chi connectivity index (χ0n) is 19.1. The van der Waals surface area contributed by atoms with Gasteiger partial charge >= 0.3 is 0 Å². The van der Waals surface area contributed by atoms with Gasteiger partial charge in [-0.15, -0.1) is 24.0 Å². The SMILES string of the molecule is CCN(CC)c1ccc(CNC(=NC)N2CCC(OCC3CCCO3)CC2)cc1F.I. The number of nitrogens with zero attached hydrogens (tertiary/aromatic N) is 3. The number of rotatable bonds is 8. The van der Waals surface area contributed by atoms with Crippen molar-refractivity contribution in [1.82, 2.24) is 10.2 Å². The molecule has 1 aromatic rings. The molecule has 1 aromatic carbocycles. The van der Waals surface area contributed by atoms with Gasteiger partial charge in [0.2, 0.25) is 0 Å². The van der Waals surface area contributed by atoms with E-state index in [1.54, 1.807) is 13.1 Å². The molecule has 1 atom stereocenters. The molecular weight excluding hydrogens is 510 g/mol. The molecule has 176 valence electrons. The summed E-state index contributed by atoms with van der Waals surface area (Å²) >= 11 is 0. The van der Waals surface area contributed by atoms with Crippen LogP contribution in [0.15, 0.2) is 23.2 Å². The van der Waals surface area contributed by atoms with Crippen LogP contribution in [0.2, 0.25) is 0 Å². The monoisotopic (exact) mass is 548 g/mol. The molecule has 0 aromatic heterocycles. The van der Waals surface area contributed by atoms with Crippen LogP contribution in [-0.4, -0.2) is 69.5 Å². The summed E-state index contributed by atoms with van der Waals surface area (Å²) < 4.78 is 26.2. The Bertz CT molecular complexity index is 688. The van der Waals surface area contributed by atoms with Crippen LogP contribution < -0.4 is 10.2 Å². The lowest BCUT2D eigenvalue weighted by Gasteiger charge is -2.34. The van der Waals surface area contributed by atoms with Crippen LogP contribution in [0.3, 0.4) is 0 Å². The van der Waals surface area contributed by atoms with E-state index in [-0.39, 0.29) is 35.9 Å². The Labute approximate surface area is 203 Å². The summed E-state index contributed by atoms with van der Waals surface area (Å²) in [5.41, 5.74) is 1.58. The molecule has 31 heavy (non-hydrogen) atoms. The minimum absolute atomic E-state index is 0. The molecule has 2 fully saturated rings. The van der Waals surface area contributed by atoms with Crippen LogP contribution in [0.25, 0.3) is 0 Å². The highest BCUT2D eigenvalue weighted by Gasteiger charge is 2.24. The summed E-state index contributed by atoms with van der Waals surface area (Å²) in [7, 11) is 1.80. The Morgan fingerprint density at radius 1 is 1.26 bits per heavy atom. The number of aliphatic imine (C=N–C) groups is 1. The fourth-order valence-corrected chi connectivity index (χ4v) is 4.25. The zero-order valence-corrected chi connectivity index (χ0v) is 21.4. The van der Waals surface area contributed by atoms with Crippen molar-refractivity contribution in [2.45, 2.75) is 58.3 Å². The Hall–Kier alpha value is -1.13. The number of likely N-dealkylation sites (tertiary alicyclic amines) is 1. The summed E-state index contributed by atoms with van der Waals surface area (Å²) in [5, 5.41) is 3.39. The van der Waals surface area contributed by atoms with Crippen LogP contribution in [0.4, 0.5) is 10.1 Å². The molecule has 2 aliphatic heterocycles.